The molecule has 4 nitrogen and oxygen atoms in total. The van der Waals surface area contributed by atoms with E-state index in [2.05, 4.69) is 75.2 Å². The van der Waals surface area contributed by atoms with E-state index in [9.17, 15) is 0 Å². The van der Waals surface area contributed by atoms with Gasteiger partial charge in [0, 0.05) is 50.3 Å². The number of hydrogen-bond acceptors (Lipinski definition) is 4. The highest BCUT2D eigenvalue weighted by Gasteiger charge is 2.24. The van der Waals surface area contributed by atoms with E-state index in [0.29, 0.717) is 11.1 Å². The van der Waals surface area contributed by atoms with Crippen LogP contribution in [-0.4, -0.2) is 97.1 Å². The summed E-state index contributed by atoms with van der Waals surface area (Å²) in [7, 11) is 4.41. The van der Waals surface area contributed by atoms with Crippen molar-refractivity contribution in [2.75, 3.05) is 66.5 Å². The lowest BCUT2D eigenvalue weighted by molar-refractivity contribution is 0.0735. The maximum Gasteiger partial charge on any atom is 0.0126 e. The van der Waals surface area contributed by atoms with Gasteiger partial charge in [-0.05, 0) is 75.1 Å². The molecule has 0 aromatic carbocycles. The summed E-state index contributed by atoms with van der Waals surface area (Å²) in [5, 5.41) is 0. The molecule has 0 atom stereocenters. The van der Waals surface area contributed by atoms with Crippen molar-refractivity contribution in [3.63, 3.8) is 0 Å². The van der Waals surface area contributed by atoms with Crippen LogP contribution in [0.2, 0.25) is 0 Å². The normalized spacial score (nSPS) is 24.0. The van der Waals surface area contributed by atoms with Crippen LogP contribution in [0.4, 0.5) is 0 Å². The number of nitrogens with zero attached hydrogens (tertiary/aromatic N) is 4. The first-order valence-electron chi connectivity index (χ1n) is 9.37. The Morgan fingerprint density at radius 1 is 0.478 bits per heavy atom. The first-order valence-corrected chi connectivity index (χ1v) is 9.37. The molecular formula is C19H42N4. The van der Waals surface area contributed by atoms with Crippen molar-refractivity contribution in [2.24, 2.45) is 0 Å². The summed E-state index contributed by atoms with van der Waals surface area (Å²) in [5.41, 5.74) is 0.715. The predicted molar refractivity (Wildman–Crippen MR) is 102 cm³/mol. The molecule has 0 saturated carbocycles. The molecule has 2 aliphatic heterocycles. The molecular weight excluding hydrogens is 284 g/mol. The maximum absolute atomic E-state index is 2.58. The van der Waals surface area contributed by atoms with Crippen LogP contribution >= 0.6 is 0 Å². The summed E-state index contributed by atoms with van der Waals surface area (Å²) in [5.74, 6) is 0. The number of hydrogen-bond donors (Lipinski definition) is 0. The zero-order chi connectivity index (χ0) is 17.7. The van der Waals surface area contributed by atoms with E-state index in [4.69, 9.17) is 0 Å². The SMILES string of the molecule is CN1CCCN(C(C)(C)C)CC1.CN1CCN(C(C)(C)C)CC1. The van der Waals surface area contributed by atoms with Crippen molar-refractivity contribution in [1.82, 2.24) is 19.6 Å². The third-order valence-electron chi connectivity index (χ3n) is 5.12. The van der Waals surface area contributed by atoms with Gasteiger partial charge in [-0.3, -0.25) is 9.80 Å². The smallest absolute Gasteiger partial charge is 0.0126 e. The molecule has 0 aromatic heterocycles. The first kappa shape index (κ1) is 20.9. The lowest BCUT2D eigenvalue weighted by atomic mass is 10.1. The van der Waals surface area contributed by atoms with Gasteiger partial charge in [-0.2, -0.15) is 0 Å². The van der Waals surface area contributed by atoms with E-state index >= 15 is 0 Å². The highest BCUT2D eigenvalue weighted by atomic mass is 15.3. The van der Waals surface area contributed by atoms with Crippen LogP contribution in [0.25, 0.3) is 0 Å². The zero-order valence-electron chi connectivity index (χ0n) is 17.2. The standard InChI is InChI=1S/C10H22N2.C9H20N2/c1-10(2,3)12-7-5-6-11(4)8-9-12;1-9(2,3)11-7-5-10(4)6-8-11/h5-9H2,1-4H3;5-8H2,1-4H3. The van der Waals surface area contributed by atoms with Gasteiger partial charge in [0.2, 0.25) is 0 Å². The van der Waals surface area contributed by atoms with Gasteiger partial charge in [-0.25, -0.2) is 0 Å². The summed E-state index contributed by atoms with van der Waals surface area (Å²) in [4.78, 5) is 9.94. The van der Waals surface area contributed by atoms with Gasteiger partial charge in [0.25, 0.3) is 0 Å². The van der Waals surface area contributed by atoms with Crippen LogP contribution in [-0.2, 0) is 0 Å². The minimum atomic E-state index is 0.352. The summed E-state index contributed by atoms with van der Waals surface area (Å²) in [6.45, 7) is 23.6. The fraction of sp³-hybridized carbons (Fsp3) is 1.00. The van der Waals surface area contributed by atoms with Gasteiger partial charge in [-0.1, -0.05) is 0 Å². The van der Waals surface area contributed by atoms with Gasteiger partial charge in [0.1, 0.15) is 0 Å². The summed E-state index contributed by atoms with van der Waals surface area (Å²) >= 11 is 0. The van der Waals surface area contributed by atoms with E-state index in [-0.39, 0.29) is 0 Å². The largest absolute Gasteiger partial charge is 0.305 e. The number of rotatable bonds is 0. The first-order chi connectivity index (χ1) is 10.5. The third-order valence-corrected chi connectivity index (χ3v) is 5.12. The second kappa shape index (κ2) is 8.80. The number of likely N-dealkylation sites (N-methyl/N-ethyl adjacent to an activating group) is 2. The molecule has 0 N–H and O–H groups in total. The Kier molecular flexibility index (Phi) is 7.99. The minimum absolute atomic E-state index is 0.352. The Bertz CT molecular complexity index is 321. The molecule has 2 heterocycles. The van der Waals surface area contributed by atoms with Crippen LogP contribution in [0, 0.1) is 0 Å². The monoisotopic (exact) mass is 326 g/mol. The highest BCUT2D eigenvalue weighted by Crippen LogP contribution is 2.15. The van der Waals surface area contributed by atoms with Gasteiger partial charge in [0.15, 0.2) is 0 Å². The van der Waals surface area contributed by atoms with Crippen molar-refractivity contribution in [3.8, 4) is 0 Å². The second-order valence-electron chi connectivity index (χ2n) is 9.28. The predicted octanol–water partition coefficient (Wildman–Crippen LogP) is 2.45. The van der Waals surface area contributed by atoms with Crippen molar-refractivity contribution >= 4 is 0 Å². The molecule has 0 amide bonds. The van der Waals surface area contributed by atoms with Crippen molar-refractivity contribution in [2.45, 2.75) is 59.0 Å². The van der Waals surface area contributed by atoms with E-state index < -0.39 is 0 Å². The lowest BCUT2D eigenvalue weighted by Gasteiger charge is -2.41. The van der Waals surface area contributed by atoms with E-state index in [0.717, 1.165) is 0 Å². The van der Waals surface area contributed by atoms with Gasteiger partial charge in [-0.15, -0.1) is 0 Å². The summed E-state index contributed by atoms with van der Waals surface area (Å²) in [6.07, 6.45) is 1.31. The van der Waals surface area contributed by atoms with Gasteiger partial charge in [0.05, 0.1) is 0 Å². The zero-order valence-corrected chi connectivity index (χ0v) is 17.2. The Hall–Kier alpha value is -0.160. The van der Waals surface area contributed by atoms with Crippen molar-refractivity contribution < 1.29 is 0 Å². The molecule has 2 aliphatic rings. The topological polar surface area (TPSA) is 13.0 Å². The Labute approximate surface area is 145 Å². The van der Waals surface area contributed by atoms with Crippen molar-refractivity contribution in [1.29, 1.82) is 0 Å². The van der Waals surface area contributed by atoms with E-state index in [1.165, 1.54) is 58.8 Å². The highest BCUT2D eigenvalue weighted by molar-refractivity contribution is 4.81. The van der Waals surface area contributed by atoms with Crippen LogP contribution in [0.3, 0.4) is 0 Å². The van der Waals surface area contributed by atoms with E-state index in [1.54, 1.807) is 0 Å². The summed E-state index contributed by atoms with van der Waals surface area (Å²) < 4.78 is 0. The molecule has 0 radical (unpaired) electrons. The minimum Gasteiger partial charge on any atom is -0.305 e. The lowest BCUT2D eigenvalue weighted by Crippen LogP contribution is -2.52. The Morgan fingerprint density at radius 2 is 0.826 bits per heavy atom. The average Bonchev–Trinajstić information content (AvgIpc) is 2.63. The molecule has 2 saturated heterocycles. The number of piperazine rings is 1. The molecule has 0 unspecified atom stereocenters. The average molecular weight is 327 g/mol. The molecule has 2 fully saturated rings. The molecule has 0 spiro atoms. The molecule has 23 heavy (non-hydrogen) atoms. The molecule has 0 aliphatic carbocycles. The molecule has 138 valence electrons. The maximum atomic E-state index is 2.58. The van der Waals surface area contributed by atoms with E-state index in [1.807, 2.05) is 0 Å². The molecule has 0 bridgehead atoms. The van der Waals surface area contributed by atoms with Crippen LogP contribution in [0.1, 0.15) is 48.0 Å². The van der Waals surface area contributed by atoms with Crippen LogP contribution in [0.15, 0.2) is 0 Å². The quantitative estimate of drug-likeness (QED) is 0.678. The van der Waals surface area contributed by atoms with Crippen LogP contribution in [0.5, 0.6) is 0 Å². The second-order valence-corrected chi connectivity index (χ2v) is 9.28. The fourth-order valence-corrected chi connectivity index (χ4v) is 3.19. The fourth-order valence-electron chi connectivity index (χ4n) is 3.19. The Morgan fingerprint density at radius 3 is 1.22 bits per heavy atom. The third kappa shape index (κ3) is 7.97. The van der Waals surface area contributed by atoms with Crippen molar-refractivity contribution in [3.05, 3.63) is 0 Å². The Balaban J connectivity index is 0.000000231. The van der Waals surface area contributed by atoms with Gasteiger partial charge >= 0.3 is 0 Å². The molecule has 0 aromatic rings. The molecule has 4 heteroatoms. The van der Waals surface area contributed by atoms with Gasteiger partial charge < -0.3 is 9.80 Å². The summed E-state index contributed by atoms with van der Waals surface area (Å²) in [6, 6.07) is 0. The van der Waals surface area contributed by atoms with Crippen LogP contribution < -0.4 is 0 Å². The molecule has 2 rings (SSSR count).